The molecule has 1 saturated heterocycles. The van der Waals surface area contributed by atoms with Crippen molar-refractivity contribution < 1.29 is 19.5 Å². The lowest BCUT2D eigenvalue weighted by molar-refractivity contribution is -0.144. The van der Waals surface area contributed by atoms with Crippen LogP contribution in [-0.2, 0) is 14.4 Å². The summed E-state index contributed by atoms with van der Waals surface area (Å²) in [4.78, 5) is 50.9. The fourth-order valence-corrected chi connectivity index (χ4v) is 6.64. The molecule has 174 valence electrons. The van der Waals surface area contributed by atoms with E-state index < -0.39 is 45.1 Å². The zero-order chi connectivity index (χ0) is 24.2. The summed E-state index contributed by atoms with van der Waals surface area (Å²) in [6, 6.07) is -1.04. The van der Waals surface area contributed by atoms with E-state index >= 15 is 0 Å². The van der Waals surface area contributed by atoms with Crippen molar-refractivity contribution in [3.05, 3.63) is 54.5 Å². The van der Waals surface area contributed by atoms with Crippen LogP contribution in [0.4, 0.5) is 0 Å². The molecule has 0 radical (unpaired) electrons. The van der Waals surface area contributed by atoms with Gasteiger partial charge in [0.25, 0.3) is 5.91 Å². The van der Waals surface area contributed by atoms with Gasteiger partial charge in [0.15, 0.2) is 6.04 Å². The summed E-state index contributed by atoms with van der Waals surface area (Å²) < 4.78 is 1.18. The summed E-state index contributed by atoms with van der Waals surface area (Å²) in [5, 5.41) is 17.3. The first kappa shape index (κ1) is 24.1. The third kappa shape index (κ3) is 4.16. The Bertz CT molecular complexity index is 1240. The van der Waals surface area contributed by atoms with Crippen molar-refractivity contribution in [3.63, 3.8) is 0 Å². The van der Waals surface area contributed by atoms with Crippen LogP contribution in [-0.4, -0.2) is 59.3 Å². The maximum atomic E-state index is 13.1. The Balaban J connectivity index is 1.71. The lowest BCUT2D eigenvalue weighted by Crippen LogP contribution is -2.72. The molecule has 2 aromatic rings. The number of nitrogens with zero attached hydrogens (tertiary/aromatic N) is 5. The van der Waals surface area contributed by atoms with Crippen molar-refractivity contribution >= 4 is 76.7 Å². The smallest absolute Gasteiger partial charge is 0.321 e. The van der Waals surface area contributed by atoms with Gasteiger partial charge in [0.1, 0.15) is 30.7 Å². The molecule has 2 aromatic heterocycles. The normalized spacial score (nSPS) is 22.8. The number of β-lactam (4-membered cyclic amide) rings is 1. The predicted octanol–water partition coefficient (Wildman–Crippen LogP) is 2.09. The summed E-state index contributed by atoms with van der Waals surface area (Å²) in [5.74, 6) is -2.08. The number of aromatic nitrogens is 3. The molecule has 2 aliphatic heterocycles. The highest BCUT2D eigenvalue weighted by molar-refractivity contribution is 8.01. The molecular formula is C18H15Cl2N5O5S3. The number of thioether (sulfide) groups is 1. The lowest BCUT2D eigenvalue weighted by Gasteiger charge is -2.52. The first-order valence-corrected chi connectivity index (χ1v) is 12.3. The highest BCUT2D eigenvalue weighted by Gasteiger charge is 2.56. The second kappa shape index (κ2) is 8.95. The molecule has 0 bridgehead atoms. The molecular weight excluding hydrogens is 533 g/mol. The number of amides is 2. The Morgan fingerprint density at radius 3 is 2.39 bits per heavy atom. The summed E-state index contributed by atoms with van der Waals surface area (Å²) in [6.45, 7) is 3.01. The second-order valence-corrected chi connectivity index (χ2v) is 10.9. The van der Waals surface area contributed by atoms with Gasteiger partial charge in [-0.2, -0.15) is 12.6 Å². The van der Waals surface area contributed by atoms with E-state index in [4.69, 9.17) is 23.2 Å². The molecule has 4 rings (SSSR count). The molecule has 0 aromatic carbocycles. The molecule has 3 unspecified atom stereocenters. The van der Waals surface area contributed by atoms with Gasteiger partial charge in [0.05, 0.1) is 5.25 Å². The van der Waals surface area contributed by atoms with Gasteiger partial charge < -0.3 is 10.0 Å². The number of fused-ring (bicyclic) bond motifs is 1. The van der Waals surface area contributed by atoms with Crippen LogP contribution in [0.15, 0.2) is 29.0 Å². The SMILES string of the molecule is CC(=O)N(C1C(=O)N2C=C(C(S)c3nnc(C)s3)C(C(=O)O)S[C@H]12)n1cc(Cl)c(=O)c(Cl)c1. The van der Waals surface area contributed by atoms with Crippen LogP contribution >= 0.6 is 58.9 Å². The number of aryl methyl sites for hydroxylation is 1. The highest BCUT2D eigenvalue weighted by Crippen LogP contribution is 2.47. The van der Waals surface area contributed by atoms with E-state index in [9.17, 15) is 24.3 Å². The van der Waals surface area contributed by atoms with E-state index in [0.29, 0.717) is 15.6 Å². The molecule has 10 nitrogen and oxygen atoms in total. The monoisotopic (exact) mass is 547 g/mol. The number of hydrogen-bond donors (Lipinski definition) is 2. The number of halogens is 2. The third-order valence-corrected chi connectivity index (χ3v) is 8.66. The average molecular weight is 548 g/mol. The Kier molecular flexibility index (Phi) is 6.53. The van der Waals surface area contributed by atoms with Gasteiger partial charge in [-0.3, -0.25) is 23.9 Å². The molecule has 1 N–H and O–H groups in total. The van der Waals surface area contributed by atoms with Gasteiger partial charge in [-0.15, -0.1) is 33.3 Å². The van der Waals surface area contributed by atoms with Crippen LogP contribution in [0.2, 0.25) is 10.0 Å². The number of carboxylic acid groups (broad SMARTS) is 1. The van der Waals surface area contributed by atoms with Crippen LogP contribution in [0.5, 0.6) is 0 Å². The summed E-state index contributed by atoms with van der Waals surface area (Å²) in [7, 11) is 0. The van der Waals surface area contributed by atoms with Gasteiger partial charge in [-0.1, -0.05) is 23.2 Å². The van der Waals surface area contributed by atoms with E-state index in [1.165, 1.54) is 46.4 Å². The third-order valence-electron chi connectivity index (χ3n) is 4.99. The van der Waals surface area contributed by atoms with E-state index in [-0.39, 0.29) is 10.0 Å². The molecule has 1 fully saturated rings. The van der Waals surface area contributed by atoms with Crippen molar-refractivity contribution in [3.8, 4) is 0 Å². The quantitative estimate of drug-likeness (QED) is 0.430. The van der Waals surface area contributed by atoms with E-state index in [1.807, 2.05) is 0 Å². The number of pyridine rings is 1. The fourth-order valence-electron chi connectivity index (χ4n) is 3.53. The van der Waals surface area contributed by atoms with Crippen LogP contribution in [0.1, 0.15) is 22.2 Å². The van der Waals surface area contributed by atoms with Gasteiger partial charge in [-0.25, -0.2) is 5.01 Å². The van der Waals surface area contributed by atoms with Crippen molar-refractivity contribution in [2.24, 2.45) is 0 Å². The molecule has 0 aliphatic carbocycles. The minimum atomic E-state index is -1.12. The predicted molar refractivity (Wildman–Crippen MR) is 128 cm³/mol. The summed E-state index contributed by atoms with van der Waals surface area (Å²) >= 11 is 18.7. The molecule has 15 heteroatoms. The minimum absolute atomic E-state index is 0.232. The molecule has 2 aliphatic rings. The van der Waals surface area contributed by atoms with Crippen molar-refractivity contribution in [1.82, 2.24) is 19.8 Å². The number of carbonyl (C=O) groups excluding carboxylic acids is 2. The maximum absolute atomic E-state index is 13.1. The highest BCUT2D eigenvalue weighted by atomic mass is 35.5. The average Bonchev–Trinajstić information content (AvgIpc) is 3.19. The molecule has 2 amide bonds. The molecule has 4 atom stereocenters. The van der Waals surface area contributed by atoms with E-state index in [1.54, 1.807) is 6.92 Å². The second-order valence-electron chi connectivity index (χ2n) is 7.15. The number of carbonyl (C=O) groups is 3. The summed E-state index contributed by atoms with van der Waals surface area (Å²) in [6.07, 6.45) is 3.81. The zero-order valence-electron chi connectivity index (χ0n) is 16.9. The first-order chi connectivity index (χ1) is 15.5. The first-order valence-electron chi connectivity index (χ1n) is 9.28. The van der Waals surface area contributed by atoms with E-state index in [0.717, 1.165) is 16.8 Å². The van der Waals surface area contributed by atoms with Crippen LogP contribution in [0, 0.1) is 6.92 Å². The van der Waals surface area contributed by atoms with Crippen LogP contribution in [0.3, 0.4) is 0 Å². The number of hydrogen-bond acceptors (Lipinski definition) is 9. The Morgan fingerprint density at radius 1 is 1.24 bits per heavy atom. The van der Waals surface area contributed by atoms with Gasteiger partial charge in [-0.05, 0) is 12.5 Å². The van der Waals surface area contributed by atoms with Crippen LogP contribution < -0.4 is 10.4 Å². The molecule has 0 saturated carbocycles. The summed E-state index contributed by atoms with van der Waals surface area (Å²) in [5.41, 5.74) is -0.240. The topological polar surface area (TPSA) is 126 Å². The molecule has 33 heavy (non-hydrogen) atoms. The number of thiol groups is 1. The zero-order valence-corrected chi connectivity index (χ0v) is 20.9. The van der Waals surface area contributed by atoms with Crippen LogP contribution in [0.25, 0.3) is 0 Å². The standard InChI is InChI=1S/C18H15Cl2N5O5S3/c1-6-21-22-15(32-6)13(31)8-3-24-16(28)11(17(24)33-14(8)18(29)30)25(7(2)26)23-4-9(19)12(27)10(20)5-23/h3-5,11,13-14,17,31H,1-2H3,(H,29,30)/t11?,13?,14?,17-/m1/s1. The van der Waals surface area contributed by atoms with E-state index in [2.05, 4.69) is 22.8 Å². The van der Waals surface area contributed by atoms with Crippen molar-refractivity contribution in [2.45, 2.75) is 35.8 Å². The van der Waals surface area contributed by atoms with Gasteiger partial charge in [0, 0.05) is 25.5 Å². The largest absolute Gasteiger partial charge is 0.480 e. The Morgan fingerprint density at radius 2 is 1.88 bits per heavy atom. The molecule has 0 spiro atoms. The number of rotatable bonds is 5. The van der Waals surface area contributed by atoms with Crippen molar-refractivity contribution in [1.29, 1.82) is 0 Å². The number of carboxylic acids is 1. The fraction of sp³-hybridized carbons (Fsp3) is 0.333. The van der Waals surface area contributed by atoms with Gasteiger partial charge in [0.2, 0.25) is 11.3 Å². The lowest BCUT2D eigenvalue weighted by atomic mass is 10.0. The molecule has 4 heterocycles. The number of aliphatic carboxylic acids is 1. The minimum Gasteiger partial charge on any atom is -0.480 e. The Labute approximate surface area is 210 Å². The van der Waals surface area contributed by atoms with Gasteiger partial charge >= 0.3 is 5.97 Å². The van der Waals surface area contributed by atoms with Crippen molar-refractivity contribution in [2.75, 3.05) is 5.01 Å². The Hall–Kier alpha value is -2.06. The maximum Gasteiger partial charge on any atom is 0.321 e.